The van der Waals surface area contributed by atoms with Gasteiger partial charge in [0.1, 0.15) is 0 Å². The Bertz CT molecular complexity index is 406. The molecule has 0 aliphatic rings. The second-order valence-electron chi connectivity index (χ2n) is 4.38. The predicted molar refractivity (Wildman–Crippen MR) is 72.2 cm³/mol. The van der Waals surface area contributed by atoms with Gasteiger partial charge < -0.3 is 11.1 Å². The average Bonchev–Trinajstić information content (AvgIpc) is 2.31. The van der Waals surface area contributed by atoms with Crippen LogP contribution in [0.3, 0.4) is 0 Å². The summed E-state index contributed by atoms with van der Waals surface area (Å²) >= 11 is 6.00. The Labute approximate surface area is 107 Å². The van der Waals surface area contributed by atoms with Gasteiger partial charge in [-0.3, -0.25) is 4.79 Å². The molecule has 0 heterocycles. The van der Waals surface area contributed by atoms with Crippen molar-refractivity contribution < 1.29 is 4.79 Å². The zero-order valence-electron chi connectivity index (χ0n) is 10.5. The molecular formula is C13H19ClN2O. The first-order valence-electron chi connectivity index (χ1n) is 5.78. The fourth-order valence-electron chi connectivity index (χ4n) is 1.46. The molecule has 0 radical (unpaired) electrons. The van der Waals surface area contributed by atoms with Crippen molar-refractivity contribution >= 4 is 23.2 Å². The van der Waals surface area contributed by atoms with E-state index in [-0.39, 0.29) is 11.8 Å². The van der Waals surface area contributed by atoms with Gasteiger partial charge in [-0.1, -0.05) is 37.9 Å². The van der Waals surface area contributed by atoms with E-state index >= 15 is 0 Å². The first kappa shape index (κ1) is 14.0. The van der Waals surface area contributed by atoms with E-state index in [1.807, 2.05) is 32.9 Å². The molecule has 2 unspecified atom stereocenters. The van der Waals surface area contributed by atoms with Crippen molar-refractivity contribution in [1.82, 2.24) is 0 Å². The van der Waals surface area contributed by atoms with Gasteiger partial charge in [-0.2, -0.15) is 0 Å². The molecule has 0 saturated heterocycles. The summed E-state index contributed by atoms with van der Waals surface area (Å²) in [6.45, 7) is 5.92. The van der Waals surface area contributed by atoms with Crippen LogP contribution in [0.5, 0.6) is 0 Å². The number of carbonyl (C=O) groups is 1. The highest BCUT2D eigenvalue weighted by Gasteiger charge is 2.20. The molecular weight excluding hydrogens is 236 g/mol. The highest BCUT2D eigenvalue weighted by Crippen LogP contribution is 2.23. The Balaban J connectivity index is 2.77. The van der Waals surface area contributed by atoms with Crippen LogP contribution in [0.4, 0.5) is 5.69 Å². The third-order valence-electron chi connectivity index (χ3n) is 2.94. The highest BCUT2D eigenvalue weighted by molar-refractivity contribution is 6.33. The van der Waals surface area contributed by atoms with Gasteiger partial charge in [-0.05, 0) is 30.5 Å². The summed E-state index contributed by atoms with van der Waals surface area (Å²) < 4.78 is 0. The molecule has 3 N–H and O–H groups in total. The molecule has 0 aliphatic heterocycles. The zero-order valence-corrected chi connectivity index (χ0v) is 11.2. The van der Waals surface area contributed by atoms with Gasteiger partial charge in [-0.15, -0.1) is 0 Å². The molecule has 0 fully saturated rings. The molecule has 1 rings (SSSR count). The normalized spacial score (nSPS) is 14.2. The molecule has 3 nitrogen and oxygen atoms in total. The van der Waals surface area contributed by atoms with Crippen LogP contribution in [0.1, 0.15) is 25.8 Å². The summed E-state index contributed by atoms with van der Waals surface area (Å²) in [5.41, 5.74) is 7.52. The van der Waals surface area contributed by atoms with Gasteiger partial charge in [0.15, 0.2) is 0 Å². The number of carbonyl (C=O) groups excluding carboxylic acids is 1. The Morgan fingerprint density at radius 3 is 2.76 bits per heavy atom. The average molecular weight is 255 g/mol. The second-order valence-corrected chi connectivity index (χ2v) is 4.79. The van der Waals surface area contributed by atoms with Crippen molar-refractivity contribution in [2.75, 3.05) is 5.32 Å². The fraction of sp³-hybridized carbons (Fsp3) is 0.462. The Kier molecular flexibility index (Phi) is 4.97. The lowest BCUT2D eigenvalue weighted by molar-refractivity contribution is -0.118. The number of aryl methyl sites for hydroxylation is 1. The second kappa shape index (κ2) is 6.03. The van der Waals surface area contributed by atoms with Crippen molar-refractivity contribution in [1.29, 1.82) is 0 Å². The Morgan fingerprint density at radius 2 is 2.18 bits per heavy atom. The molecule has 0 saturated carbocycles. The van der Waals surface area contributed by atoms with Crippen molar-refractivity contribution in [3.8, 4) is 0 Å². The standard InChI is InChI=1S/C13H19ClN2O/c1-4-9(3)12(15)13(17)16-11-7-8(2)5-6-10(11)14/h5-7,9,12H,4,15H2,1-3H3,(H,16,17). The monoisotopic (exact) mass is 254 g/mol. The van der Waals surface area contributed by atoms with Gasteiger partial charge in [0.25, 0.3) is 0 Å². The predicted octanol–water partition coefficient (Wildman–Crippen LogP) is 2.96. The zero-order chi connectivity index (χ0) is 13.0. The number of benzene rings is 1. The van der Waals surface area contributed by atoms with E-state index in [4.69, 9.17) is 17.3 Å². The van der Waals surface area contributed by atoms with Crippen LogP contribution in [0.2, 0.25) is 5.02 Å². The number of anilines is 1. The quantitative estimate of drug-likeness (QED) is 0.868. The van der Waals surface area contributed by atoms with Gasteiger partial charge in [-0.25, -0.2) is 0 Å². The topological polar surface area (TPSA) is 55.1 Å². The van der Waals surface area contributed by atoms with E-state index < -0.39 is 6.04 Å². The van der Waals surface area contributed by atoms with E-state index in [0.717, 1.165) is 12.0 Å². The Morgan fingerprint density at radius 1 is 1.53 bits per heavy atom. The van der Waals surface area contributed by atoms with Crippen LogP contribution in [0.25, 0.3) is 0 Å². The number of halogens is 1. The summed E-state index contributed by atoms with van der Waals surface area (Å²) in [4.78, 5) is 11.9. The Hall–Kier alpha value is -1.06. The van der Waals surface area contributed by atoms with Gasteiger partial charge >= 0.3 is 0 Å². The highest BCUT2D eigenvalue weighted by atomic mass is 35.5. The third-order valence-corrected chi connectivity index (χ3v) is 3.27. The number of hydrogen-bond acceptors (Lipinski definition) is 2. The lowest BCUT2D eigenvalue weighted by Crippen LogP contribution is -2.40. The molecule has 1 aromatic carbocycles. The molecule has 0 bridgehead atoms. The minimum Gasteiger partial charge on any atom is -0.323 e. The molecule has 94 valence electrons. The van der Waals surface area contributed by atoms with Crippen molar-refractivity contribution in [2.45, 2.75) is 33.2 Å². The first-order chi connectivity index (χ1) is 7.95. The molecule has 2 atom stereocenters. The third kappa shape index (κ3) is 3.72. The SMILES string of the molecule is CCC(C)C(N)C(=O)Nc1cc(C)ccc1Cl. The maximum atomic E-state index is 11.9. The number of nitrogens with two attached hydrogens (primary N) is 1. The molecule has 4 heteroatoms. The summed E-state index contributed by atoms with van der Waals surface area (Å²) in [6, 6.07) is 4.99. The first-order valence-corrected chi connectivity index (χ1v) is 6.16. The minimum atomic E-state index is -0.503. The largest absolute Gasteiger partial charge is 0.323 e. The number of hydrogen-bond donors (Lipinski definition) is 2. The van der Waals surface area contributed by atoms with Gasteiger partial charge in [0.05, 0.1) is 16.8 Å². The summed E-state index contributed by atoms with van der Waals surface area (Å²) in [5.74, 6) is -0.0366. The van der Waals surface area contributed by atoms with Crippen LogP contribution < -0.4 is 11.1 Å². The molecule has 1 amide bonds. The minimum absolute atomic E-state index is 0.151. The van der Waals surface area contributed by atoms with Crippen LogP contribution in [0, 0.1) is 12.8 Å². The van der Waals surface area contributed by atoms with Crippen molar-refractivity contribution in [3.05, 3.63) is 28.8 Å². The lowest BCUT2D eigenvalue weighted by atomic mass is 9.99. The van der Waals surface area contributed by atoms with E-state index in [1.54, 1.807) is 6.07 Å². The number of amides is 1. The molecule has 0 aromatic heterocycles. The summed E-state index contributed by atoms with van der Waals surface area (Å²) in [6.07, 6.45) is 0.871. The smallest absolute Gasteiger partial charge is 0.241 e. The van der Waals surface area contributed by atoms with E-state index in [2.05, 4.69) is 5.32 Å². The van der Waals surface area contributed by atoms with Gasteiger partial charge in [0, 0.05) is 0 Å². The maximum Gasteiger partial charge on any atom is 0.241 e. The van der Waals surface area contributed by atoms with E-state index in [9.17, 15) is 4.79 Å². The molecule has 17 heavy (non-hydrogen) atoms. The van der Waals surface area contributed by atoms with Crippen LogP contribution in [0.15, 0.2) is 18.2 Å². The van der Waals surface area contributed by atoms with E-state index in [1.165, 1.54) is 0 Å². The van der Waals surface area contributed by atoms with Crippen molar-refractivity contribution in [2.24, 2.45) is 11.7 Å². The number of nitrogens with one attached hydrogen (secondary N) is 1. The van der Waals surface area contributed by atoms with Crippen LogP contribution >= 0.6 is 11.6 Å². The molecule has 0 aliphatic carbocycles. The summed E-state index contributed by atoms with van der Waals surface area (Å²) in [5, 5.41) is 3.30. The molecule has 1 aromatic rings. The van der Waals surface area contributed by atoms with Crippen LogP contribution in [-0.4, -0.2) is 11.9 Å². The van der Waals surface area contributed by atoms with E-state index in [0.29, 0.717) is 10.7 Å². The lowest BCUT2D eigenvalue weighted by Gasteiger charge is -2.18. The maximum absolute atomic E-state index is 11.9. The molecule has 0 spiro atoms. The number of rotatable bonds is 4. The van der Waals surface area contributed by atoms with Crippen molar-refractivity contribution in [3.63, 3.8) is 0 Å². The fourth-order valence-corrected chi connectivity index (χ4v) is 1.63. The van der Waals surface area contributed by atoms with Crippen LogP contribution in [-0.2, 0) is 4.79 Å². The van der Waals surface area contributed by atoms with Gasteiger partial charge in [0.2, 0.25) is 5.91 Å². The summed E-state index contributed by atoms with van der Waals surface area (Å²) in [7, 11) is 0.